The number of rotatable bonds is 7. The van der Waals surface area contributed by atoms with E-state index in [-0.39, 0.29) is 10.9 Å². The zero-order valence-corrected chi connectivity index (χ0v) is 11.4. The summed E-state index contributed by atoms with van der Waals surface area (Å²) >= 11 is 0. The van der Waals surface area contributed by atoms with Gasteiger partial charge < -0.3 is 11.1 Å². The van der Waals surface area contributed by atoms with Crippen LogP contribution in [0.2, 0.25) is 0 Å². The molecule has 0 amide bonds. The van der Waals surface area contributed by atoms with Crippen molar-refractivity contribution in [1.82, 2.24) is 0 Å². The molecule has 0 heterocycles. The predicted octanol–water partition coefficient (Wildman–Crippen LogP) is 1.26. The Hall–Kier alpha value is -1.11. The standard InChI is InChI=1S/C12H21N3O2S/c1-2-3-6-10(9-13)15-11-7-4-5-8-12(11)18(14,16)17/h4-5,7-8,10,15H,2-3,6,9,13H2,1H3,(H2,14,16,17). The van der Waals surface area contributed by atoms with E-state index in [9.17, 15) is 8.42 Å². The Morgan fingerprint density at radius 2 is 2.00 bits per heavy atom. The minimum absolute atomic E-state index is 0.0628. The van der Waals surface area contributed by atoms with Crippen molar-refractivity contribution in [1.29, 1.82) is 0 Å². The lowest BCUT2D eigenvalue weighted by molar-refractivity contribution is 0.595. The number of primary sulfonamides is 1. The van der Waals surface area contributed by atoms with Gasteiger partial charge in [-0.3, -0.25) is 0 Å². The molecule has 0 aromatic heterocycles. The van der Waals surface area contributed by atoms with Crippen LogP contribution in [0.4, 0.5) is 5.69 Å². The summed E-state index contributed by atoms with van der Waals surface area (Å²) in [5.74, 6) is 0. The molecule has 0 spiro atoms. The lowest BCUT2D eigenvalue weighted by Crippen LogP contribution is -2.29. The van der Waals surface area contributed by atoms with Gasteiger partial charge in [-0.15, -0.1) is 0 Å². The molecule has 0 aliphatic carbocycles. The molecule has 0 saturated heterocycles. The average molecular weight is 271 g/mol. The molecular weight excluding hydrogens is 250 g/mol. The zero-order valence-electron chi connectivity index (χ0n) is 10.6. The first kappa shape index (κ1) is 14.9. The molecule has 5 N–H and O–H groups in total. The number of nitrogens with two attached hydrogens (primary N) is 2. The van der Waals surface area contributed by atoms with E-state index >= 15 is 0 Å². The van der Waals surface area contributed by atoms with Crippen molar-refractivity contribution < 1.29 is 8.42 Å². The molecule has 1 rings (SSSR count). The third-order valence-electron chi connectivity index (χ3n) is 2.74. The number of nitrogens with one attached hydrogen (secondary N) is 1. The molecule has 0 fully saturated rings. The molecule has 0 aliphatic heterocycles. The van der Waals surface area contributed by atoms with E-state index in [1.807, 2.05) is 0 Å². The lowest BCUT2D eigenvalue weighted by atomic mass is 10.1. The molecule has 0 bridgehead atoms. The Bertz CT molecular complexity index is 474. The minimum atomic E-state index is -3.71. The number of sulfonamides is 1. The molecule has 0 aliphatic rings. The van der Waals surface area contributed by atoms with Gasteiger partial charge in [-0.2, -0.15) is 0 Å². The highest BCUT2D eigenvalue weighted by Crippen LogP contribution is 2.20. The fourth-order valence-corrected chi connectivity index (χ4v) is 2.46. The largest absolute Gasteiger partial charge is 0.380 e. The Morgan fingerprint density at radius 1 is 1.33 bits per heavy atom. The summed E-state index contributed by atoms with van der Waals surface area (Å²) < 4.78 is 22.9. The van der Waals surface area contributed by atoms with Crippen LogP contribution in [0.3, 0.4) is 0 Å². The highest BCUT2D eigenvalue weighted by molar-refractivity contribution is 7.89. The highest BCUT2D eigenvalue weighted by Gasteiger charge is 2.15. The first-order valence-corrected chi connectivity index (χ1v) is 7.62. The van der Waals surface area contributed by atoms with Crippen LogP contribution in [0.25, 0.3) is 0 Å². The fourth-order valence-electron chi connectivity index (χ4n) is 1.75. The first-order valence-electron chi connectivity index (χ1n) is 6.07. The SMILES string of the molecule is CCCCC(CN)Nc1ccccc1S(N)(=O)=O. The summed E-state index contributed by atoms with van der Waals surface area (Å²) in [4.78, 5) is 0.111. The van der Waals surface area contributed by atoms with Crippen molar-refractivity contribution in [2.75, 3.05) is 11.9 Å². The van der Waals surface area contributed by atoms with Crippen molar-refractivity contribution in [2.45, 2.75) is 37.1 Å². The first-order chi connectivity index (χ1) is 8.49. The van der Waals surface area contributed by atoms with E-state index in [2.05, 4.69) is 12.2 Å². The molecule has 0 saturated carbocycles. The molecule has 6 heteroatoms. The molecule has 0 radical (unpaired) electrons. The van der Waals surface area contributed by atoms with Gasteiger partial charge in [0.1, 0.15) is 4.90 Å². The van der Waals surface area contributed by atoms with Crippen LogP contribution in [0.1, 0.15) is 26.2 Å². The van der Waals surface area contributed by atoms with Crippen LogP contribution < -0.4 is 16.2 Å². The monoisotopic (exact) mass is 271 g/mol. The van der Waals surface area contributed by atoms with Crippen LogP contribution in [0.5, 0.6) is 0 Å². The Kier molecular flexibility index (Phi) is 5.58. The van der Waals surface area contributed by atoms with Crippen LogP contribution in [-0.4, -0.2) is 21.0 Å². The molecule has 5 nitrogen and oxygen atoms in total. The van der Waals surface area contributed by atoms with Crippen molar-refractivity contribution in [3.63, 3.8) is 0 Å². The third-order valence-corrected chi connectivity index (χ3v) is 3.71. The molecular formula is C12H21N3O2S. The van der Waals surface area contributed by atoms with Crippen molar-refractivity contribution in [2.24, 2.45) is 10.9 Å². The van der Waals surface area contributed by atoms with Gasteiger partial charge >= 0.3 is 0 Å². The minimum Gasteiger partial charge on any atom is -0.380 e. The molecule has 102 valence electrons. The van der Waals surface area contributed by atoms with Gasteiger partial charge in [0.2, 0.25) is 10.0 Å². The summed E-state index contributed by atoms with van der Waals surface area (Å²) in [5, 5.41) is 8.33. The Labute approximate surface area is 109 Å². The number of hydrogen-bond acceptors (Lipinski definition) is 4. The number of anilines is 1. The fraction of sp³-hybridized carbons (Fsp3) is 0.500. The normalized spacial score (nSPS) is 13.3. The van der Waals surface area contributed by atoms with Gasteiger partial charge in [0.05, 0.1) is 5.69 Å². The van der Waals surface area contributed by atoms with Crippen LogP contribution in [0, 0.1) is 0 Å². The second-order valence-corrected chi connectivity index (χ2v) is 5.79. The highest BCUT2D eigenvalue weighted by atomic mass is 32.2. The number of benzene rings is 1. The molecule has 1 unspecified atom stereocenters. The van der Waals surface area contributed by atoms with E-state index in [1.165, 1.54) is 6.07 Å². The van der Waals surface area contributed by atoms with Gasteiger partial charge in [-0.1, -0.05) is 31.9 Å². The maximum absolute atomic E-state index is 11.4. The van der Waals surface area contributed by atoms with Crippen molar-refractivity contribution in [3.05, 3.63) is 24.3 Å². The van der Waals surface area contributed by atoms with Gasteiger partial charge in [0.15, 0.2) is 0 Å². The lowest BCUT2D eigenvalue weighted by Gasteiger charge is -2.19. The summed E-state index contributed by atoms with van der Waals surface area (Å²) in [5.41, 5.74) is 6.20. The summed E-state index contributed by atoms with van der Waals surface area (Å²) in [6, 6.07) is 6.67. The Morgan fingerprint density at radius 3 is 2.56 bits per heavy atom. The van der Waals surface area contributed by atoms with Gasteiger partial charge in [-0.25, -0.2) is 13.6 Å². The van der Waals surface area contributed by atoms with Gasteiger partial charge in [-0.05, 0) is 18.6 Å². The van der Waals surface area contributed by atoms with Crippen molar-refractivity contribution in [3.8, 4) is 0 Å². The van der Waals surface area contributed by atoms with E-state index in [0.717, 1.165) is 19.3 Å². The average Bonchev–Trinajstić information content (AvgIpc) is 2.33. The van der Waals surface area contributed by atoms with E-state index in [1.54, 1.807) is 18.2 Å². The van der Waals surface area contributed by atoms with Crippen LogP contribution in [-0.2, 0) is 10.0 Å². The second-order valence-electron chi connectivity index (χ2n) is 4.26. The maximum Gasteiger partial charge on any atom is 0.240 e. The maximum atomic E-state index is 11.4. The zero-order chi connectivity index (χ0) is 13.6. The quantitative estimate of drug-likeness (QED) is 0.695. The van der Waals surface area contributed by atoms with E-state index in [0.29, 0.717) is 12.2 Å². The molecule has 1 atom stereocenters. The topological polar surface area (TPSA) is 98.2 Å². The summed E-state index contributed by atoms with van der Waals surface area (Å²) in [7, 11) is -3.71. The number of unbranched alkanes of at least 4 members (excludes halogenated alkanes) is 1. The van der Waals surface area contributed by atoms with E-state index < -0.39 is 10.0 Å². The smallest absolute Gasteiger partial charge is 0.240 e. The van der Waals surface area contributed by atoms with E-state index in [4.69, 9.17) is 10.9 Å². The number of hydrogen-bond donors (Lipinski definition) is 3. The van der Waals surface area contributed by atoms with Crippen LogP contribution >= 0.6 is 0 Å². The van der Waals surface area contributed by atoms with Gasteiger partial charge in [0, 0.05) is 12.6 Å². The molecule has 18 heavy (non-hydrogen) atoms. The van der Waals surface area contributed by atoms with Crippen LogP contribution in [0.15, 0.2) is 29.2 Å². The van der Waals surface area contributed by atoms with Crippen molar-refractivity contribution >= 4 is 15.7 Å². The molecule has 1 aromatic rings. The molecule has 1 aromatic carbocycles. The number of para-hydroxylation sites is 1. The van der Waals surface area contributed by atoms with Gasteiger partial charge in [0.25, 0.3) is 0 Å². The summed E-state index contributed by atoms with van der Waals surface area (Å²) in [6.45, 7) is 2.56. The predicted molar refractivity (Wildman–Crippen MR) is 73.8 cm³/mol. The second kappa shape index (κ2) is 6.72. The summed E-state index contributed by atoms with van der Waals surface area (Å²) in [6.07, 6.45) is 3.04. The third kappa shape index (κ3) is 4.29. The Balaban J connectivity index is 2.89.